The van der Waals surface area contributed by atoms with Gasteiger partial charge in [0, 0.05) is 34.1 Å². The lowest BCUT2D eigenvalue weighted by Crippen LogP contribution is -2.36. The normalized spacial score (nSPS) is 32.4. The number of halogens is 2. The molecule has 1 aliphatic rings. The minimum atomic E-state index is -3.34. The van der Waals surface area contributed by atoms with Gasteiger partial charge in [0.05, 0.1) is 6.61 Å². The van der Waals surface area contributed by atoms with E-state index in [2.05, 4.69) is 5.09 Å². The number of rotatable bonds is 5. The van der Waals surface area contributed by atoms with E-state index in [1.54, 1.807) is 4.67 Å². The van der Waals surface area contributed by atoms with Crippen molar-refractivity contribution in [3.8, 4) is 0 Å². The van der Waals surface area contributed by atoms with Crippen LogP contribution in [0.1, 0.15) is 9.16 Å². The van der Waals surface area contributed by atoms with Gasteiger partial charge in [-0.1, -0.05) is 0 Å². The second-order valence-corrected chi connectivity index (χ2v) is 5.51. The van der Waals surface area contributed by atoms with E-state index in [4.69, 9.17) is 30.5 Å². The van der Waals surface area contributed by atoms with Crippen LogP contribution in [0, 0.1) is 0 Å². The van der Waals surface area contributed by atoms with Crippen LogP contribution in [0.3, 0.4) is 0 Å². The summed E-state index contributed by atoms with van der Waals surface area (Å²) in [6.45, 7) is -0.597. The Morgan fingerprint density at radius 2 is 2.36 bits per heavy atom. The molecule has 14 heavy (non-hydrogen) atoms. The van der Waals surface area contributed by atoms with Crippen LogP contribution >= 0.6 is 30.9 Å². The summed E-state index contributed by atoms with van der Waals surface area (Å²) in [5, 5.41) is 2.36. The summed E-state index contributed by atoms with van der Waals surface area (Å²) in [5.41, 5.74) is 0. The van der Waals surface area contributed by atoms with Gasteiger partial charge in [-0.15, -0.1) is 23.2 Å². The number of hydrogen-bond acceptors (Lipinski definition) is 2. The van der Waals surface area contributed by atoms with Crippen molar-refractivity contribution in [1.29, 1.82) is 0 Å². The van der Waals surface area contributed by atoms with Crippen molar-refractivity contribution < 1.29 is 11.8 Å². The molecule has 1 aliphatic heterocycles. The first kappa shape index (κ1) is 9.88. The first-order chi connectivity index (χ1) is 7.43. The Kier molecular flexibility index (Phi) is 4.46. The Morgan fingerprint density at radius 1 is 1.57 bits per heavy atom. The molecule has 0 spiro atoms. The predicted molar refractivity (Wildman–Crippen MR) is 59.2 cm³/mol. The zero-order valence-electron chi connectivity index (χ0n) is 9.71. The molecule has 1 heterocycles. The predicted octanol–water partition coefficient (Wildman–Crippen LogP) is 1.88. The van der Waals surface area contributed by atoms with E-state index < -0.39 is 14.2 Å². The van der Waals surface area contributed by atoms with Crippen molar-refractivity contribution in [2.24, 2.45) is 0 Å². The summed E-state index contributed by atoms with van der Waals surface area (Å²) in [7, 11) is -3.34. The molecular formula is C7H15Cl2N2O2P. The summed E-state index contributed by atoms with van der Waals surface area (Å²) < 4.78 is 34.0. The molecule has 1 rings (SSSR count). The molecule has 0 saturated carbocycles. The highest BCUT2D eigenvalue weighted by molar-refractivity contribution is 7.54. The van der Waals surface area contributed by atoms with E-state index in [9.17, 15) is 4.57 Å². The average Bonchev–Trinajstić information content (AvgIpc) is 2.21. The summed E-state index contributed by atoms with van der Waals surface area (Å²) in [6.07, 6.45) is 0.756. The molecule has 0 radical (unpaired) electrons. The maximum atomic E-state index is 12.4. The molecule has 1 fully saturated rings. The molecule has 7 heteroatoms. The van der Waals surface area contributed by atoms with E-state index in [0.29, 0.717) is 25.6 Å². The van der Waals surface area contributed by atoms with Crippen LogP contribution < -0.4 is 5.09 Å². The van der Waals surface area contributed by atoms with Crippen LogP contribution in [0.4, 0.5) is 0 Å². The average molecular weight is 263 g/mol. The van der Waals surface area contributed by atoms with Gasteiger partial charge < -0.3 is 4.52 Å². The smallest absolute Gasteiger partial charge is 0.306 e. The van der Waals surface area contributed by atoms with Gasteiger partial charge in [0.1, 0.15) is 0 Å². The van der Waals surface area contributed by atoms with Crippen LogP contribution in [-0.4, -0.2) is 42.6 Å². The maximum Gasteiger partial charge on any atom is 0.343 e. The molecule has 84 valence electrons. The Labute approximate surface area is 97.3 Å². The first-order valence-corrected chi connectivity index (χ1v) is 6.99. The highest BCUT2D eigenvalue weighted by Crippen LogP contribution is 2.48. The number of nitrogens with one attached hydrogen (secondary N) is 1. The third-order valence-corrected chi connectivity index (χ3v) is 4.25. The van der Waals surface area contributed by atoms with Crippen LogP contribution in [-0.2, 0) is 9.09 Å². The fourth-order valence-corrected chi connectivity index (χ4v) is 3.50. The summed E-state index contributed by atoms with van der Waals surface area (Å²) >= 11 is 11.0. The van der Waals surface area contributed by atoms with Gasteiger partial charge in [0.2, 0.25) is 0 Å². The largest absolute Gasteiger partial charge is 0.343 e. The lowest BCUT2D eigenvalue weighted by Gasteiger charge is -2.34. The SMILES string of the molecule is [2H]C([2H])(CCl)NP1(=O)OCCCN1CCCl. The number of nitrogens with zero attached hydrogens (tertiary/aromatic N) is 1. The standard InChI is InChI=1S/C7H15Cl2N2O2P/c8-2-4-10-14(12)11(6-3-9)5-1-7-13-14/h1-7H2,(H,10,12)/i4D2. The molecule has 0 amide bonds. The van der Waals surface area contributed by atoms with E-state index in [1.807, 2.05) is 0 Å². The fraction of sp³-hybridized carbons (Fsp3) is 1.00. The molecule has 0 aromatic carbocycles. The van der Waals surface area contributed by atoms with Crippen molar-refractivity contribution >= 4 is 30.9 Å². The Hall–Kier alpha value is 0.690. The highest BCUT2D eigenvalue weighted by Gasteiger charge is 2.33. The molecule has 1 unspecified atom stereocenters. The molecule has 0 bridgehead atoms. The zero-order chi connectivity index (χ0) is 12.2. The third-order valence-electron chi connectivity index (χ3n) is 1.83. The number of alkyl halides is 2. The van der Waals surface area contributed by atoms with Gasteiger partial charge in [-0.05, 0) is 6.42 Å². The maximum absolute atomic E-state index is 12.4. The van der Waals surface area contributed by atoms with Gasteiger partial charge in [0.25, 0.3) is 0 Å². The summed E-state index contributed by atoms with van der Waals surface area (Å²) in [6, 6.07) is 0. The molecule has 1 atom stereocenters. The number of hydrogen-bond donors (Lipinski definition) is 1. The van der Waals surface area contributed by atoms with Crippen molar-refractivity contribution in [3.63, 3.8) is 0 Å². The molecular weight excluding hydrogens is 246 g/mol. The first-order valence-electron chi connectivity index (χ1n) is 5.35. The lowest BCUT2D eigenvalue weighted by atomic mass is 10.4. The van der Waals surface area contributed by atoms with Crippen molar-refractivity contribution in [2.75, 3.05) is 38.0 Å². The van der Waals surface area contributed by atoms with E-state index in [0.717, 1.165) is 6.42 Å². The summed E-state index contributed by atoms with van der Waals surface area (Å²) in [5.74, 6) is 0.0218. The molecule has 1 saturated heterocycles. The monoisotopic (exact) mass is 262 g/mol. The minimum Gasteiger partial charge on any atom is -0.306 e. The zero-order valence-corrected chi connectivity index (χ0v) is 10.1. The second kappa shape index (κ2) is 6.31. The Morgan fingerprint density at radius 3 is 3.00 bits per heavy atom. The molecule has 0 aromatic heterocycles. The van der Waals surface area contributed by atoms with Crippen LogP contribution in [0.25, 0.3) is 0 Å². The topological polar surface area (TPSA) is 41.6 Å². The van der Waals surface area contributed by atoms with Crippen molar-refractivity contribution in [1.82, 2.24) is 9.76 Å². The van der Waals surface area contributed by atoms with Crippen molar-refractivity contribution in [2.45, 2.75) is 6.42 Å². The van der Waals surface area contributed by atoms with Gasteiger partial charge in [0.15, 0.2) is 0 Å². The van der Waals surface area contributed by atoms with Crippen LogP contribution in [0.5, 0.6) is 0 Å². The van der Waals surface area contributed by atoms with Gasteiger partial charge >= 0.3 is 7.67 Å². The fourth-order valence-electron chi connectivity index (χ4n) is 1.22. The van der Waals surface area contributed by atoms with Gasteiger partial charge in [-0.2, -0.15) is 0 Å². The molecule has 0 aromatic rings. The molecule has 0 aliphatic carbocycles. The molecule has 1 N–H and O–H groups in total. The van der Waals surface area contributed by atoms with E-state index in [-0.39, 0.29) is 5.88 Å². The van der Waals surface area contributed by atoms with Crippen LogP contribution in [0.15, 0.2) is 0 Å². The Bertz CT molecular complexity index is 281. The lowest BCUT2D eigenvalue weighted by molar-refractivity contribution is 0.203. The third kappa shape index (κ3) is 3.37. The molecule has 4 nitrogen and oxygen atoms in total. The Balaban J connectivity index is 2.74. The summed E-state index contributed by atoms with van der Waals surface area (Å²) in [4.78, 5) is 0. The van der Waals surface area contributed by atoms with Gasteiger partial charge in [-0.25, -0.2) is 9.76 Å². The van der Waals surface area contributed by atoms with Crippen LogP contribution in [0.2, 0.25) is 0 Å². The second-order valence-electron chi connectivity index (χ2n) is 2.77. The van der Waals surface area contributed by atoms with Gasteiger partial charge in [-0.3, -0.25) is 4.57 Å². The van der Waals surface area contributed by atoms with E-state index >= 15 is 0 Å². The minimum absolute atomic E-state index is 0.297. The highest BCUT2D eigenvalue weighted by atomic mass is 35.5. The van der Waals surface area contributed by atoms with E-state index in [1.165, 1.54) is 0 Å². The quantitative estimate of drug-likeness (QED) is 0.607. The van der Waals surface area contributed by atoms with Crippen molar-refractivity contribution in [3.05, 3.63) is 0 Å².